The van der Waals surface area contributed by atoms with Crippen molar-refractivity contribution in [1.82, 2.24) is 20.1 Å². The summed E-state index contributed by atoms with van der Waals surface area (Å²) in [6, 6.07) is 17.4. The molecule has 3 aromatic rings. The van der Waals surface area contributed by atoms with Gasteiger partial charge in [-0.05, 0) is 42.9 Å². The molecule has 7 heteroatoms. The van der Waals surface area contributed by atoms with E-state index in [9.17, 15) is 0 Å². The summed E-state index contributed by atoms with van der Waals surface area (Å²) in [6.07, 6.45) is 1.73. The Hall–Kier alpha value is -3.19. The number of ether oxygens (including phenoxy) is 1. The Morgan fingerprint density at radius 2 is 1.64 bits per heavy atom. The van der Waals surface area contributed by atoms with Gasteiger partial charge in [-0.25, -0.2) is 0 Å². The number of aromatic nitrogens is 3. The number of anilines is 3. The Balaban J connectivity index is 1.39. The van der Waals surface area contributed by atoms with E-state index in [1.165, 1.54) is 0 Å². The average Bonchev–Trinajstić information content (AvgIpc) is 2.76. The number of likely N-dealkylation sites (N-methyl/N-ethyl adjacent to an activating group) is 1. The molecule has 144 valence electrons. The van der Waals surface area contributed by atoms with Crippen LogP contribution in [0.4, 0.5) is 17.5 Å². The molecule has 0 unspecified atom stereocenters. The highest BCUT2D eigenvalue weighted by Crippen LogP contribution is 2.24. The minimum Gasteiger partial charge on any atom is -0.457 e. The predicted octanol–water partition coefficient (Wildman–Crippen LogP) is 3.55. The fourth-order valence-electron chi connectivity index (χ4n) is 3.15. The minimum atomic E-state index is 0.493. The Kier molecular flexibility index (Phi) is 5.63. The summed E-state index contributed by atoms with van der Waals surface area (Å²) in [5, 5.41) is 11.4. The molecule has 1 fully saturated rings. The van der Waals surface area contributed by atoms with E-state index < -0.39 is 0 Å². The molecular formula is C21H24N6O. The van der Waals surface area contributed by atoms with Crippen LogP contribution < -0.4 is 15.0 Å². The van der Waals surface area contributed by atoms with Crippen molar-refractivity contribution in [2.45, 2.75) is 6.92 Å². The minimum absolute atomic E-state index is 0.493. The van der Waals surface area contributed by atoms with Crippen molar-refractivity contribution in [2.75, 3.05) is 42.9 Å². The van der Waals surface area contributed by atoms with Gasteiger partial charge in [-0.1, -0.05) is 25.1 Å². The molecule has 1 aliphatic rings. The van der Waals surface area contributed by atoms with Gasteiger partial charge in [0.05, 0.1) is 6.20 Å². The number of piperazine rings is 1. The molecule has 1 N–H and O–H groups in total. The molecule has 0 atom stereocenters. The van der Waals surface area contributed by atoms with Crippen molar-refractivity contribution < 1.29 is 4.74 Å². The van der Waals surface area contributed by atoms with Crippen LogP contribution in [-0.4, -0.2) is 52.8 Å². The van der Waals surface area contributed by atoms with E-state index in [1.807, 2.05) is 54.6 Å². The van der Waals surface area contributed by atoms with Gasteiger partial charge in [-0.15, -0.1) is 5.10 Å². The zero-order valence-corrected chi connectivity index (χ0v) is 16.0. The second-order valence-electron chi connectivity index (χ2n) is 6.62. The maximum absolute atomic E-state index is 5.82. The molecule has 28 heavy (non-hydrogen) atoms. The molecule has 0 amide bonds. The average molecular weight is 376 g/mol. The second-order valence-corrected chi connectivity index (χ2v) is 6.62. The fraction of sp³-hybridized carbons (Fsp3) is 0.286. The quantitative estimate of drug-likeness (QED) is 0.706. The van der Waals surface area contributed by atoms with E-state index in [-0.39, 0.29) is 0 Å². The van der Waals surface area contributed by atoms with Crippen LogP contribution in [0.25, 0.3) is 0 Å². The largest absolute Gasteiger partial charge is 0.457 e. The summed E-state index contributed by atoms with van der Waals surface area (Å²) >= 11 is 0. The third-order valence-electron chi connectivity index (χ3n) is 4.78. The fourth-order valence-corrected chi connectivity index (χ4v) is 3.15. The Labute approximate surface area is 165 Å². The van der Waals surface area contributed by atoms with Crippen LogP contribution in [0.3, 0.4) is 0 Å². The first-order chi connectivity index (χ1) is 13.8. The summed E-state index contributed by atoms with van der Waals surface area (Å²) in [4.78, 5) is 9.31. The SMILES string of the molecule is CCN1CCN(c2cnnc(Nc3ccc(Oc4ccccc4)cc3)n2)CC1. The first-order valence-electron chi connectivity index (χ1n) is 9.57. The van der Waals surface area contributed by atoms with Crippen molar-refractivity contribution in [1.29, 1.82) is 0 Å². The van der Waals surface area contributed by atoms with Gasteiger partial charge < -0.3 is 19.9 Å². The molecule has 1 saturated heterocycles. The summed E-state index contributed by atoms with van der Waals surface area (Å²) in [5.41, 5.74) is 0.884. The third-order valence-corrected chi connectivity index (χ3v) is 4.78. The molecule has 1 aromatic heterocycles. The van der Waals surface area contributed by atoms with Crippen LogP contribution in [0.15, 0.2) is 60.8 Å². The molecule has 4 rings (SSSR count). The lowest BCUT2D eigenvalue weighted by Gasteiger charge is -2.34. The standard InChI is InChI=1S/C21H24N6O/c1-2-26-12-14-27(15-13-26)20-16-22-25-21(24-20)23-17-8-10-19(11-9-17)28-18-6-4-3-5-7-18/h3-11,16H,2,12-15H2,1H3,(H,23,24,25). The monoisotopic (exact) mass is 376 g/mol. The molecular weight excluding hydrogens is 352 g/mol. The molecule has 7 nitrogen and oxygen atoms in total. The van der Waals surface area contributed by atoms with E-state index in [1.54, 1.807) is 6.20 Å². The van der Waals surface area contributed by atoms with Crippen LogP contribution in [0.2, 0.25) is 0 Å². The molecule has 2 aromatic carbocycles. The van der Waals surface area contributed by atoms with E-state index in [2.05, 4.69) is 37.2 Å². The molecule has 0 spiro atoms. The smallest absolute Gasteiger partial charge is 0.249 e. The number of para-hydroxylation sites is 1. The number of hydrogen-bond donors (Lipinski definition) is 1. The number of hydrogen-bond acceptors (Lipinski definition) is 7. The van der Waals surface area contributed by atoms with Gasteiger partial charge in [-0.3, -0.25) is 0 Å². The van der Waals surface area contributed by atoms with Crippen molar-refractivity contribution in [2.24, 2.45) is 0 Å². The van der Waals surface area contributed by atoms with E-state index in [4.69, 9.17) is 4.74 Å². The van der Waals surface area contributed by atoms with Gasteiger partial charge in [0.1, 0.15) is 11.5 Å². The van der Waals surface area contributed by atoms with Crippen LogP contribution in [0.1, 0.15) is 6.92 Å². The lowest BCUT2D eigenvalue weighted by molar-refractivity contribution is 0.270. The summed E-state index contributed by atoms with van der Waals surface area (Å²) < 4.78 is 5.82. The summed E-state index contributed by atoms with van der Waals surface area (Å²) in [6.45, 7) is 7.29. The summed E-state index contributed by atoms with van der Waals surface area (Å²) in [5.74, 6) is 2.94. The van der Waals surface area contributed by atoms with Gasteiger partial charge in [0.15, 0.2) is 5.82 Å². The van der Waals surface area contributed by atoms with Gasteiger partial charge in [0.25, 0.3) is 0 Å². The molecule has 2 heterocycles. The highest BCUT2D eigenvalue weighted by Gasteiger charge is 2.17. The van der Waals surface area contributed by atoms with E-state index in [0.29, 0.717) is 5.95 Å². The van der Waals surface area contributed by atoms with Crippen molar-refractivity contribution in [3.05, 3.63) is 60.8 Å². The highest BCUT2D eigenvalue weighted by atomic mass is 16.5. The first-order valence-corrected chi connectivity index (χ1v) is 9.57. The van der Waals surface area contributed by atoms with Gasteiger partial charge in [0.2, 0.25) is 5.95 Å². The van der Waals surface area contributed by atoms with Crippen molar-refractivity contribution >= 4 is 17.5 Å². The normalized spacial score (nSPS) is 14.7. The van der Waals surface area contributed by atoms with Crippen LogP contribution in [-0.2, 0) is 0 Å². The van der Waals surface area contributed by atoms with E-state index in [0.717, 1.165) is 55.7 Å². The number of nitrogens with one attached hydrogen (secondary N) is 1. The lowest BCUT2D eigenvalue weighted by Crippen LogP contribution is -2.46. The molecule has 0 aliphatic carbocycles. The third kappa shape index (κ3) is 4.55. The van der Waals surface area contributed by atoms with Crippen LogP contribution >= 0.6 is 0 Å². The number of rotatable bonds is 6. The number of benzene rings is 2. The van der Waals surface area contributed by atoms with Crippen LogP contribution in [0, 0.1) is 0 Å². The topological polar surface area (TPSA) is 66.4 Å². The van der Waals surface area contributed by atoms with Gasteiger partial charge in [0, 0.05) is 31.9 Å². The lowest BCUT2D eigenvalue weighted by atomic mass is 10.3. The molecule has 0 bridgehead atoms. The first kappa shape index (κ1) is 18.2. The molecule has 0 saturated carbocycles. The Bertz CT molecular complexity index is 879. The highest BCUT2D eigenvalue weighted by molar-refractivity contribution is 5.56. The van der Waals surface area contributed by atoms with Gasteiger partial charge in [-0.2, -0.15) is 10.1 Å². The Morgan fingerprint density at radius 1 is 0.929 bits per heavy atom. The summed E-state index contributed by atoms with van der Waals surface area (Å²) in [7, 11) is 0. The second kappa shape index (κ2) is 8.67. The Morgan fingerprint density at radius 3 is 2.36 bits per heavy atom. The number of nitrogens with zero attached hydrogens (tertiary/aromatic N) is 5. The molecule has 1 aliphatic heterocycles. The van der Waals surface area contributed by atoms with E-state index >= 15 is 0 Å². The van der Waals surface area contributed by atoms with Gasteiger partial charge >= 0.3 is 0 Å². The van der Waals surface area contributed by atoms with Crippen molar-refractivity contribution in [3.63, 3.8) is 0 Å². The van der Waals surface area contributed by atoms with Crippen LogP contribution in [0.5, 0.6) is 11.5 Å². The molecule has 0 radical (unpaired) electrons. The maximum atomic E-state index is 5.82. The zero-order valence-electron chi connectivity index (χ0n) is 16.0. The maximum Gasteiger partial charge on any atom is 0.249 e. The predicted molar refractivity (Wildman–Crippen MR) is 110 cm³/mol. The van der Waals surface area contributed by atoms with Crippen molar-refractivity contribution in [3.8, 4) is 11.5 Å². The zero-order chi connectivity index (χ0) is 19.2.